The van der Waals surface area contributed by atoms with Crippen molar-refractivity contribution < 1.29 is 19.0 Å². The third-order valence-electron chi connectivity index (χ3n) is 3.14. The molecule has 0 aromatic heterocycles. The second-order valence-corrected chi connectivity index (χ2v) is 6.05. The van der Waals surface area contributed by atoms with E-state index >= 15 is 0 Å². The maximum absolute atomic E-state index is 11.9. The molecule has 0 aliphatic rings. The summed E-state index contributed by atoms with van der Waals surface area (Å²) in [7, 11) is -2.56. The molecule has 0 rings (SSSR count). The van der Waals surface area contributed by atoms with Crippen LogP contribution in [0.3, 0.4) is 0 Å². The molecular weight excluding hydrogens is 263 g/mol. The zero-order valence-corrected chi connectivity index (χ0v) is 13.3. The first-order valence-corrected chi connectivity index (χ1v) is 8.20. The SMILES string of the molecule is CCCCOC(=O)C(C)=C(CCCC)C(C)[P+](=O)[O-]. The van der Waals surface area contributed by atoms with Gasteiger partial charge in [0.05, 0.1) is 6.61 Å². The quantitative estimate of drug-likeness (QED) is 0.282. The molecule has 0 radical (unpaired) electrons. The van der Waals surface area contributed by atoms with Crippen molar-refractivity contribution in [2.45, 2.75) is 65.5 Å². The molecule has 0 aliphatic carbocycles. The summed E-state index contributed by atoms with van der Waals surface area (Å²) in [6, 6.07) is 0. The minimum Gasteiger partial charge on any atom is -0.595 e. The van der Waals surface area contributed by atoms with E-state index in [9.17, 15) is 14.3 Å². The van der Waals surface area contributed by atoms with Crippen molar-refractivity contribution in [3.05, 3.63) is 11.1 Å². The largest absolute Gasteiger partial charge is 0.595 e. The van der Waals surface area contributed by atoms with Gasteiger partial charge in [0.1, 0.15) is 0 Å². The lowest BCUT2D eigenvalue weighted by Gasteiger charge is -2.13. The molecular formula is C14H25O4P. The lowest BCUT2D eigenvalue weighted by Crippen LogP contribution is -2.15. The van der Waals surface area contributed by atoms with Crippen LogP contribution < -0.4 is 4.89 Å². The summed E-state index contributed by atoms with van der Waals surface area (Å²) in [5, 5.41) is 0. The predicted octanol–water partition coefficient (Wildman–Crippen LogP) is 3.33. The van der Waals surface area contributed by atoms with Gasteiger partial charge in [-0.25, -0.2) is 4.79 Å². The molecule has 4 nitrogen and oxygen atoms in total. The molecule has 0 amide bonds. The molecule has 0 saturated carbocycles. The van der Waals surface area contributed by atoms with Gasteiger partial charge in [-0.3, -0.25) is 0 Å². The first-order chi connectivity index (χ1) is 8.95. The van der Waals surface area contributed by atoms with Crippen molar-refractivity contribution in [3.8, 4) is 0 Å². The van der Waals surface area contributed by atoms with Crippen molar-refractivity contribution in [3.63, 3.8) is 0 Å². The number of esters is 1. The summed E-state index contributed by atoms with van der Waals surface area (Å²) in [6.45, 7) is 7.74. The Balaban J connectivity index is 4.89. The second-order valence-electron chi connectivity index (χ2n) is 4.70. The van der Waals surface area contributed by atoms with Gasteiger partial charge in [0, 0.05) is 5.57 Å². The van der Waals surface area contributed by atoms with E-state index in [0.717, 1.165) is 25.7 Å². The summed E-state index contributed by atoms with van der Waals surface area (Å²) < 4.78 is 16.3. The minimum absolute atomic E-state index is 0.386. The Kier molecular flexibility index (Phi) is 9.72. The smallest absolute Gasteiger partial charge is 0.333 e. The molecule has 0 saturated heterocycles. The van der Waals surface area contributed by atoms with Crippen LogP contribution >= 0.6 is 8.03 Å². The van der Waals surface area contributed by atoms with Crippen molar-refractivity contribution in [1.29, 1.82) is 0 Å². The first kappa shape index (κ1) is 18.3. The van der Waals surface area contributed by atoms with E-state index in [4.69, 9.17) is 4.74 Å². The molecule has 0 aliphatic heterocycles. The molecule has 0 spiro atoms. The molecule has 0 heterocycles. The summed E-state index contributed by atoms with van der Waals surface area (Å²) in [5.74, 6) is -0.386. The number of carbonyl (C=O) groups excluding carboxylic acids is 1. The Morgan fingerprint density at radius 1 is 1.26 bits per heavy atom. The average Bonchev–Trinajstić information content (AvgIpc) is 2.38. The highest BCUT2D eigenvalue weighted by Crippen LogP contribution is 2.30. The van der Waals surface area contributed by atoms with Gasteiger partial charge < -0.3 is 9.63 Å². The summed E-state index contributed by atoms with van der Waals surface area (Å²) in [6.07, 6.45) is 4.26. The fourth-order valence-electron chi connectivity index (χ4n) is 1.75. The van der Waals surface area contributed by atoms with Crippen LogP contribution in [0.5, 0.6) is 0 Å². The summed E-state index contributed by atoms with van der Waals surface area (Å²) in [4.78, 5) is 23.0. The van der Waals surface area contributed by atoms with Crippen LogP contribution in [-0.4, -0.2) is 18.2 Å². The molecule has 0 bridgehead atoms. The third kappa shape index (κ3) is 6.84. The highest BCUT2D eigenvalue weighted by molar-refractivity contribution is 7.37. The van der Waals surface area contributed by atoms with Crippen LogP contribution in [0.15, 0.2) is 11.1 Å². The van der Waals surface area contributed by atoms with E-state index in [1.54, 1.807) is 13.8 Å². The van der Waals surface area contributed by atoms with Gasteiger partial charge in [0.15, 0.2) is 5.66 Å². The molecule has 2 atom stereocenters. The highest BCUT2D eigenvalue weighted by Gasteiger charge is 2.25. The molecule has 2 unspecified atom stereocenters. The summed E-state index contributed by atoms with van der Waals surface area (Å²) >= 11 is 0. The number of rotatable bonds is 9. The van der Waals surface area contributed by atoms with Crippen molar-refractivity contribution in [1.82, 2.24) is 0 Å². The predicted molar refractivity (Wildman–Crippen MR) is 75.2 cm³/mol. The molecule has 19 heavy (non-hydrogen) atoms. The minimum atomic E-state index is -2.56. The number of ether oxygens (including phenoxy) is 1. The molecule has 0 fully saturated rings. The molecule has 110 valence electrons. The van der Waals surface area contributed by atoms with E-state index in [1.165, 1.54) is 0 Å². The van der Waals surface area contributed by atoms with Crippen LogP contribution in [0.1, 0.15) is 59.8 Å². The van der Waals surface area contributed by atoms with Gasteiger partial charge in [-0.1, -0.05) is 31.3 Å². The lowest BCUT2D eigenvalue weighted by atomic mass is 10.0. The van der Waals surface area contributed by atoms with Crippen LogP contribution in [0, 0.1) is 0 Å². The van der Waals surface area contributed by atoms with E-state index < -0.39 is 13.7 Å². The third-order valence-corrected chi connectivity index (χ3v) is 4.08. The van der Waals surface area contributed by atoms with E-state index in [2.05, 4.69) is 0 Å². The fourth-order valence-corrected chi connectivity index (χ4v) is 2.33. The van der Waals surface area contributed by atoms with Crippen LogP contribution in [0.4, 0.5) is 0 Å². The average molecular weight is 288 g/mol. The molecule has 5 heteroatoms. The first-order valence-electron chi connectivity index (χ1n) is 6.95. The van der Waals surface area contributed by atoms with Crippen molar-refractivity contribution in [2.24, 2.45) is 0 Å². The normalized spacial score (nSPS) is 14.7. The van der Waals surface area contributed by atoms with E-state index in [1.807, 2.05) is 13.8 Å². The monoisotopic (exact) mass is 288 g/mol. The highest BCUT2D eigenvalue weighted by atomic mass is 31.1. The van der Waals surface area contributed by atoms with Crippen molar-refractivity contribution >= 4 is 14.0 Å². The Labute approximate surface area is 117 Å². The van der Waals surface area contributed by atoms with Crippen LogP contribution in [0.25, 0.3) is 0 Å². The number of allylic oxidation sites excluding steroid dienone is 1. The maximum atomic E-state index is 11.9. The van der Waals surface area contributed by atoms with Gasteiger partial charge in [-0.05, 0) is 38.7 Å². The Hall–Kier alpha value is -0.730. The lowest BCUT2D eigenvalue weighted by molar-refractivity contribution is -0.165. The summed E-state index contributed by atoms with van der Waals surface area (Å²) in [5.41, 5.74) is 0.552. The van der Waals surface area contributed by atoms with Gasteiger partial charge in [0.2, 0.25) is 0 Å². The van der Waals surface area contributed by atoms with Crippen LogP contribution in [-0.2, 0) is 14.1 Å². The zero-order valence-electron chi connectivity index (χ0n) is 12.4. The van der Waals surface area contributed by atoms with Gasteiger partial charge in [-0.15, -0.1) is 0 Å². The second kappa shape index (κ2) is 10.1. The molecule has 0 N–H and O–H groups in total. The van der Waals surface area contributed by atoms with Gasteiger partial charge in [0.25, 0.3) is 0 Å². The Bertz CT molecular complexity index is 336. The molecule has 0 aromatic carbocycles. The standard InChI is InChI=1S/C14H25O4P/c1-5-7-9-13(12(4)19(16)17)11(3)14(15)18-10-8-6-2/h12H,5-10H2,1-4H3. The van der Waals surface area contributed by atoms with Gasteiger partial charge >= 0.3 is 14.0 Å². The van der Waals surface area contributed by atoms with E-state index in [-0.39, 0.29) is 5.97 Å². The Morgan fingerprint density at radius 3 is 2.32 bits per heavy atom. The van der Waals surface area contributed by atoms with Crippen molar-refractivity contribution in [2.75, 3.05) is 6.61 Å². The van der Waals surface area contributed by atoms with Gasteiger partial charge in [-0.2, -0.15) is 0 Å². The number of carbonyl (C=O) groups is 1. The Morgan fingerprint density at radius 2 is 1.84 bits per heavy atom. The van der Waals surface area contributed by atoms with E-state index in [0.29, 0.717) is 24.2 Å². The fraction of sp³-hybridized carbons (Fsp3) is 0.786. The maximum Gasteiger partial charge on any atom is 0.333 e. The van der Waals surface area contributed by atoms with Crippen LogP contribution in [0.2, 0.25) is 0 Å². The zero-order chi connectivity index (χ0) is 14.8. The molecule has 0 aromatic rings. The number of hydrogen-bond acceptors (Lipinski definition) is 4. The number of hydrogen-bond donors (Lipinski definition) is 0. The topological polar surface area (TPSA) is 66.4 Å². The number of unbranched alkanes of at least 4 members (excludes halogenated alkanes) is 2.